The predicted octanol–water partition coefficient (Wildman–Crippen LogP) is 1.87. The fourth-order valence-corrected chi connectivity index (χ4v) is 4.34. The maximum absolute atomic E-state index is 15.1. The van der Waals surface area contributed by atoms with Crippen molar-refractivity contribution in [2.45, 2.75) is 44.3 Å². The number of anilines is 1. The summed E-state index contributed by atoms with van der Waals surface area (Å²) in [4.78, 5) is 37.7. The van der Waals surface area contributed by atoms with Crippen LogP contribution in [0.3, 0.4) is 0 Å². The molecule has 8 nitrogen and oxygen atoms in total. The largest absolute Gasteiger partial charge is 0.477 e. The second-order valence-electron chi connectivity index (χ2n) is 7.96. The van der Waals surface area contributed by atoms with Crippen LogP contribution in [0.25, 0.3) is 10.9 Å². The molecule has 1 aromatic carbocycles. The molecule has 1 aliphatic heterocycles. The second-order valence-corrected chi connectivity index (χ2v) is 8.34. The van der Waals surface area contributed by atoms with Crippen molar-refractivity contribution in [2.75, 3.05) is 18.0 Å². The van der Waals surface area contributed by atoms with Gasteiger partial charge in [-0.1, -0.05) is 11.6 Å². The molecule has 4 N–H and O–H groups in total. The van der Waals surface area contributed by atoms with Gasteiger partial charge in [-0.15, -0.1) is 0 Å². The number of nitrogens with zero attached hydrogens (tertiary/aromatic N) is 2. The lowest BCUT2D eigenvalue weighted by molar-refractivity contribution is -0.122. The van der Waals surface area contributed by atoms with E-state index in [1.807, 2.05) is 0 Å². The molecule has 2 heterocycles. The molecule has 2 unspecified atom stereocenters. The standard InChI is InChI=1S/C20H22ClFN4O4/c1-9(23)19(28)24-10-4-5-25(7-10)17-14(22)6-12-16(15(17)21)26(11-2-3-11)8-13(18(12)27)20(29)30/h6,8-11H,2-5,7,23H2,1H3,(H,24,28)(H,29,30). The third-order valence-corrected chi connectivity index (χ3v) is 5.98. The first kappa shape index (κ1) is 20.6. The summed E-state index contributed by atoms with van der Waals surface area (Å²) in [5, 5.41) is 12.2. The molecule has 0 radical (unpaired) electrons. The molecule has 30 heavy (non-hydrogen) atoms. The number of aromatic nitrogens is 1. The van der Waals surface area contributed by atoms with Gasteiger partial charge in [0.15, 0.2) is 0 Å². The Labute approximate surface area is 176 Å². The van der Waals surface area contributed by atoms with E-state index in [1.165, 1.54) is 6.20 Å². The Morgan fingerprint density at radius 3 is 2.67 bits per heavy atom. The highest BCUT2D eigenvalue weighted by molar-refractivity contribution is 6.38. The molecule has 1 amide bonds. The zero-order valence-corrected chi connectivity index (χ0v) is 17.1. The van der Waals surface area contributed by atoms with Crippen molar-refractivity contribution in [1.29, 1.82) is 0 Å². The number of hydrogen-bond donors (Lipinski definition) is 3. The predicted molar refractivity (Wildman–Crippen MR) is 111 cm³/mol. The van der Waals surface area contributed by atoms with Gasteiger partial charge in [-0.2, -0.15) is 0 Å². The monoisotopic (exact) mass is 436 g/mol. The quantitative estimate of drug-likeness (QED) is 0.658. The first-order valence-electron chi connectivity index (χ1n) is 9.80. The van der Waals surface area contributed by atoms with Crippen molar-refractivity contribution < 1.29 is 19.1 Å². The minimum absolute atomic E-state index is 0.0265. The highest BCUT2D eigenvalue weighted by Crippen LogP contribution is 2.42. The SMILES string of the molecule is CC(N)C(=O)NC1CCN(c2c(F)cc3c(=O)c(C(=O)O)cn(C4CC4)c3c2Cl)C1. The number of fused-ring (bicyclic) bond motifs is 1. The van der Waals surface area contributed by atoms with Gasteiger partial charge in [-0.25, -0.2) is 9.18 Å². The van der Waals surface area contributed by atoms with Gasteiger partial charge >= 0.3 is 5.97 Å². The Hall–Kier alpha value is -2.65. The molecule has 2 aliphatic rings. The van der Waals surface area contributed by atoms with E-state index in [4.69, 9.17) is 17.3 Å². The van der Waals surface area contributed by atoms with Crippen LogP contribution in [0.5, 0.6) is 0 Å². The smallest absolute Gasteiger partial charge is 0.341 e. The van der Waals surface area contributed by atoms with Crippen LogP contribution in [0, 0.1) is 5.82 Å². The Morgan fingerprint density at radius 2 is 2.07 bits per heavy atom. The number of rotatable bonds is 5. The molecule has 160 valence electrons. The number of amides is 1. The van der Waals surface area contributed by atoms with Crippen molar-refractivity contribution in [2.24, 2.45) is 5.73 Å². The number of halogens is 2. The lowest BCUT2D eigenvalue weighted by Gasteiger charge is -2.23. The molecular weight excluding hydrogens is 415 g/mol. The van der Waals surface area contributed by atoms with E-state index in [0.717, 1.165) is 18.9 Å². The van der Waals surface area contributed by atoms with Crippen molar-refractivity contribution >= 4 is 40.1 Å². The minimum atomic E-state index is -1.36. The first-order chi connectivity index (χ1) is 14.2. The number of benzene rings is 1. The van der Waals surface area contributed by atoms with E-state index in [-0.39, 0.29) is 34.1 Å². The number of hydrogen-bond acceptors (Lipinski definition) is 5. The molecule has 1 saturated carbocycles. The van der Waals surface area contributed by atoms with Crippen LogP contribution < -0.4 is 21.4 Å². The number of carbonyl (C=O) groups is 2. The first-order valence-corrected chi connectivity index (χ1v) is 10.2. The third-order valence-electron chi connectivity index (χ3n) is 5.62. The van der Waals surface area contributed by atoms with Crippen LogP contribution >= 0.6 is 11.6 Å². The number of pyridine rings is 1. The van der Waals surface area contributed by atoms with Crippen LogP contribution in [-0.2, 0) is 4.79 Å². The number of aromatic carboxylic acids is 1. The van der Waals surface area contributed by atoms with Crippen molar-refractivity contribution in [1.82, 2.24) is 9.88 Å². The maximum Gasteiger partial charge on any atom is 0.341 e. The molecule has 1 aliphatic carbocycles. The number of carboxylic acids is 1. The van der Waals surface area contributed by atoms with E-state index < -0.39 is 28.8 Å². The van der Waals surface area contributed by atoms with Gasteiger partial charge in [0.2, 0.25) is 11.3 Å². The van der Waals surface area contributed by atoms with E-state index >= 15 is 4.39 Å². The van der Waals surface area contributed by atoms with Crippen molar-refractivity contribution in [3.63, 3.8) is 0 Å². The number of carbonyl (C=O) groups excluding carboxylic acids is 1. The number of nitrogens with one attached hydrogen (secondary N) is 1. The summed E-state index contributed by atoms with van der Waals surface area (Å²) in [7, 11) is 0. The summed E-state index contributed by atoms with van der Waals surface area (Å²) in [6.07, 6.45) is 3.55. The molecule has 2 atom stereocenters. The summed E-state index contributed by atoms with van der Waals surface area (Å²) in [5.41, 5.74) is 4.92. The summed E-state index contributed by atoms with van der Waals surface area (Å²) in [6, 6.07) is 0.253. The van der Waals surface area contributed by atoms with Crippen LogP contribution in [0.1, 0.15) is 42.6 Å². The van der Waals surface area contributed by atoms with Gasteiger partial charge < -0.3 is 25.6 Å². The highest BCUT2D eigenvalue weighted by atomic mass is 35.5. The third kappa shape index (κ3) is 3.52. The number of nitrogens with two attached hydrogens (primary N) is 1. The highest BCUT2D eigenvalue weighted by Gasteiger charge is 2.32. The molecule has 1 saturated heterocycles. The molecule has 4 rings (SSSR count). The zero-order chi connectivity index (χ0) is 21.7. The van der Waals surface area contributed by atoms with E-state index in [1.54, 1.807) is 16.4 Å². The van der Waals surface area contributed by atoms with Crippen molar-refractivity contribution in [3.8, 4) is 0 Å². The number of carboxylic acid groups (broad SMARTS) is 1. The maximum atomic E-state index is 15.1. The Bertz CT molecular complexity index is 1110. The molecule has 1 aromatic heterocycles. The Balaban J connectivity index is 1.78. The van der Waals surface area contributed by atoms with Crippen LogP contribution in [0.4, 0.5) is 10.1 Å². The van der Waals surface area contributed by atoms with Crippen molar-refractivity contribution in [3.05, 3.63) is 38.9 Å². The van der Waals surface area contributed by atoms with Crippen LogP contribution in [0.15, 0.2) is 17.1 Å². The lowest BCUT2D eigenvalue weighted by Crippen LogP contribution is -2.45. The normalized spacial score (nSPS) is 19.9. The molecule has 10 heteroatoms. The average Bonchev–Trinajstić information content (AvgIpc) is 3.42. The summed E-state index contributed by atoms with van der Waals surface area (Å²) < 4.78 is 16.8. The van der Waals surface area contributed by atoms with Crippen LogP contribution in [0.2, 0.25) is 5.02 Å². The second kappa shape index (κ2) is 7.55. The fourth-order valence-electron chi connectivity index (χ4n) is 3.93. The molecule has 2 aromatic rings. The lowest BCUT2D eigenvalue weighted by atomic mass is 10.1. The summed E-state index contributed by atoms with van der Waals surface area (Å²) in [6.45, 7) is 2.40. The summed E-state index contributed by atoms with van der Waals surface area (Å²) >= 11 is 6.62. The molecular formula is C20H22ClFN4O4. The van der Waals surface area contributed by atoms with Gasteiger partial charge in [0.05, 0.1) is 27.7 Å². The van der Waals surface area contributed by atoms with Gasteiger partial charge in [0.1, 0.15) is 11.4 Å². The van der Waals surface area contributed by atoms with E-state index in [2.05, 4.69) is 5.32 Å². The minimum Gasteiger partial charge on any atom is -0.477 e. The van der Waals surface area contributed by atoms with Gasteiger partial charge in [-0.05, 0) is 32.3 Å². The molecule has 0 spiro atoms. The van der Waals surface area contributed by atoms with E-state index in [9.17, 15) is 19.5 Å². The van der Waals surface area contributed by atoms with Gasteiger partial charge in [0.25, 0.3) is 0 Å². The van der Waals surface area contributed by atoms with Gasteiger partial charge in [-0.3, -0.25) is 9.59 Å². The topological polar surface area (TPSA) is 118 Å². The van der Waals surface area contributed by atoms with E-state index in [0.29, 0.717) is 25.0 Å². The Kier molecular flexibility index (Phi) is 5.19. The van der Waals surface area contributed by atoms with Gasteiger partial charge in [0, 0.05) is 31.4 Å². The summed E-state index contributed by atoms with van der Waals surface area (Å²) in [5.74, 6) is -2.34. The zero-order valence-electron chi connectivity index (χ0n) is 16.3. The van der Waals surface area contributed by atoms with Crippen LogP contribution in [-0.4, -0.2) is 46.7 Å². The molecule has 2 fully saturated rings. The molecule has 0 bridgehead atoms. The average molecular weight is 437 g/mol. The fraction of sp³-hybridized carbons (Fsp3) is 0.450. The Morgan fingerprint density at radius 1 is 1.37 bits per heavy atom.